The molecule has 94 heavy (non-hydrogen) atoms. The molecular weight excluding hydrogens is 1170 g/mol. The second-order valence-corrected chi connectivity index (χ2v) is 25.4. The average Bonchev–Trinajstić information content (AvgIpc) is 1.56. The Bertz CT molecular complexity index is 6600. The van der Waals surface area contributed by atoms with Gasteiger partial charge in [0.2, 0.25) is 5.71 Å². The summed E-state index contributed by atoms with van der Waals surface area (Å²) in [7, 11) is 0. The molecule has 0 unspecified atom stereocenters. The SMILES string of the molecule is c1ccc2cc3c(cc2c1)c1c2ccccc2ccc1n3-c1nc2c(nc1-c1cccc3c1oc1ccccc13)oc1ccccc12.c1ccc2cc3c(cc2c1)c1c2ccccc2ccc1n3-c1nc2c(nc1-c1cccc3c1oc1ccccc13)sc1ccccc12. The number of rotatable bonds is 4. The highest BCUT2D eigenvalue weighted by molar-refractivity contribution is 7.25. The predicted octanol–water partition coefficient (Wildman–Crippen LogP) is 23.2. The van der Waals surface area contributed by atoms with E-state index in [0.717, 1.165) is 132 Å². The predicted molar refractivity (Wildman–Crippen MR) is 388 cm³/mol. The zero-order valence-corrected chi connectivity index (χ0v) is 50.7. The second kappa shape index (κ2) is 19.5. The number of benzene rings is 14. The minimum absolute atomic E-state index is 0.495. The highest BCUT2D eigenvalue weighted by atomic mass is 32.1. The Morgan fingerprint density at radius 2 is 0.691 bits per heavy atom. The van der Waals surface area contributed by atoms with Crippen molar-refractivity contribution in [3.63, 3.8) is 0 Å². The fourth-order valence-electron chi connectivity index (χ4n) is 15.0. The van der Waals surface area contributed by atoms with Crippen molar-refractivity contribution >= 4 is 185 Å². The van der Waals surface area contributed by atoms with Crippen LogP contribution >= 0.6 is 11.3 Å². The first kappa shape index (κ1) is 51.3. The lowest BCUT2D eigenvalue weighted by atomic mass is 10.0. The van der Waals surface area contributed by atoms with E-state index in [1.807, 2.05) is 54.6 Å². The summed E-state index contributed by atoms with van der Waals surface area (Å²) in [5, 5.41) is 20.7. The molecule has 8 aromatic heterocycles. The number of aromatic nitrogens is 6. The summed E-state index contributed by atoms with van der Waals surface area (Å²) in [6.07, 6.45) is 0. The molecule has 8 heterocycles. The first-order chi connectivity index (χ1) is 46.6. The molecule has 0 fully saturated rings. The third-order valence-electron chi connectivity index (χ3n) is 19.2. The van der Waals surface area contributed by atoms with Crippen molar-refractivity contribution in [2.24, 2.45) is 0 Å². The lowest BCUT2D eigenvalue weighted by Gasteiger charge is -2.13. The summed E-state index contributed by atoms with van der Waals surface area (Å²) < 4.78 is 25.3. The number of para-hydroxylation sites is 5. The molecule has 0 spiro atoms. The lowest BCUT2D eigenvalue weighted by molar-refractivity contribution is 0.652. The van der Waals surface area contributed by atoms with Gasteiger partial charge in [0.05, 0.1) is 22.1 Å². The molecule has 0 aliphatic rings. The van der Waals surface area contributed by atoms with E-state index in [2.05, 4.69) is 234 Å². The quantitative estimate of drug-likeness (QED) is 0.173. The van der Waals surface area contributed by atoms with E-state index < -0.39 is 0 Å². The molecule has 0 amide bonds. The number of hydrogen-bond donors (Lipinski definition) is 0. The summed E-state index contributed by atoms with van der Waals surface area (Å²) in [4.78, 5) is 22.7. The summed E-state index contributed by atoms with van der Waals surface area (Å²) in [5.74, 6) is 1.52. The van der Waals surface area contributed by atoms with Crippen LogP contribution in [-0.2, 0) is 0 Å². The Labute approximate surface area is 536 Å². The summed E-state index contributed by atoms with van der Waals surface area (Å²) in [6.45, 7) is 0. The van der Waals surface area contributed by atoms with Gasteiger partial charge >= 0.3 is 0 Å². The standard InChI is InChI=1S/C42H23N3O2.C42H23N3OS/c2*1-2-12-26-23-34-32(22-25(26)11-1)37-27-13-4-3-10-24(27)20-21-33(37)45(34)41-38(44-42-39(43-41)30-15-6-8-19-36(30)47-42)31-17-9-16-29-28-14-5-7-18-35(28)46-40(29)31/h2*1-23H. The fourth-order valence-corrected chi connectivity index (χ4v) is 16.0. The molecule has 0 saturated heterocycles. The van der Waals surface area contributed by atoms with E-state index in [9.17, 15) is 0 Å². The van der Waals surface area contributed by atoms with Gasteiger partial charge in [0.1, 0.15) is 55.2 Å². The van der Waals surface area contributed by atoms with Crippen molar-refractivity contribution < 1.29 is 13.3 Å². The van der Waals surface area contributed by atoms with Gasteiger partial charge in [0.15, 0.2) is 11.6 Å². The van der Waals surface area contributed by atoms with Crippen LogP contribution < -0.4 is 0 Å². The van der Waals surface area contributed by atoms with Gasteiger partial charge in [0.25, 0.3) is 0 Å². The molecule has 0 aliphatic heterocycles. The Morgan fingerprint density at radius 1 is 0.277 bits per heavy atom. The van der Waals surface area contributed by atoms with Crippen LogP contribution in [0.4, 0.5) is 0 Å². The van der Waals surface area contributed by atoms with Gasteiger partial charge < -0.3 is 13.3 Å². The molecular formula is C84H46N6O3S. The molecule has 10 heteroatoms. The summed E-state index contributed by atoms with van der Waals surface area (Å²) in [5.41, 5.74) is 13.8. The van der Waals surface area contributed by atoms with E-state index in [1.165, 1.54) is 63.9 Å². The molecule has 0 bridgehead atoms. The smallest absolute Gasteiger partial charge is 0.247 e. The Balaban J connectivity index is 0.000000126. The van der Waals surface area contributed by atoms with Crippen molar-refractivity contribution in [2.45, 2.75) is 0 Å². The molecule has 14 aromatic carbocycles. The third-order valence-corrected chi connectivity index (χ3v) is 20.2. The van der Waals surface area contributed by atoms with Crippen molar-refractivity contribution in [3.05, 3.63) is 279 Å². The maximum absolute atomic E-state index is 6.60. The van der Waals surface area contributed by atoms with Gasteiger partial charge in [-0.25, -0.2) is 19.9 Å². The Morgan fingerprint density at radius 3 is 1.23 bits per heavy atom. The highest BCUT2D eigenvalue weighted by Gasteiger charge is 2.28. The van der Waals surface area contributed by atoms with Gasteiger partial charge in [-0.2, -0.15) is 0 Å². The monoisotopic (exact) mass is 1220 g/mol. The zero-order chi connectivity index (χ0) is 61.3. The van der Waals surface area contributed by atoms with Crippen LogP contribution in [0.5, 0.6) is 0 Å². The van der Waals surface area contributed by atoms with Crippen LogP contribution in [0.2, 0.25) is 0 Å². The third kappa shape index (κ3) is 7.39. The van der Waals surface area contributed by atoms with Gasteiger partial charge in [-0.15, -0.1) is 11.3 Å². The minimum atomic E-state index is 0.495. The summed E-state index contributed by atoms with van der Waals surface area (Å²) >= 11 is 1.68. The molecule has 0 radical (unpaired) electrons. The van der Waals surface area contributed by atoms with Crippen LogP contribution in [0.25, 0.3) is 207 Å². The maximum Gasteiger partial charge on any atom is 0.247 e. The topological polar surface area (TPSA) is 101 Å². The van der Waals surface area contributed by atoms with E-state index in [-0.39, 0.29) is 0 Å². The van der Waals surface area contributed by atoms with Crippen molar-refractivity contribution in [2.75, 3.05) is 0 Å². The number of nitrogens with zero attached hydrogens (tertiary/aromatic N) is 6. The highest BCUT2D eigenvalue weighted by Crippen LogP contribution is 2.47. The van der Waals surface area contributed by atoms with Gasteiger partial charge in [-0.05, 0) is 122 Å². The van der Waals surface area contributed by atoms with Gasteiger partial charge in [-0.1, -0.05) is 200 Å². The van der Waals surface area contributed by atoms with Crippen LogP contribution in [0, 0.1) is 0 Å². The molecule has 436 valence electrons. The average molecular weight is 1220 g/mol. The number of hydrogen-bond acceptors (Lipinski definition) is 8. The van der Waals surface area contributed by atoms with Gasteiger partial charge in [0, 0.05) is 69.7 Å². The van der Waals surface area contributed by atoms with E-state index in [1.54, 1.807) is 11.3 Å². The van der Waals surface area contributed by atoms with Crippen molar-refractivity contribution in [1.29, 1.82) is 0 Å². The van der Waals surface area contributed by atoms with Crippen molar-refractivity contribution in [1.82, 2.24) is 29.1 Å². The molecule has 0 N–H and O–H groups in total. The number of thiophene rings is 1. The first-order valence-electron chi connectivity index (χ1n) is 31.5. The minimum Gasteiger partial charge on any atom is -0.455 e. The second-order valence-electron chi connectivity index (χ2n) is 24.3. The maximum atomic E-state index is 6.60. The fraction of sp³-hybridized carbons (Fsp3) is 0. The van der Waals surface area contributed by atoms with Crippen LogP contribution in [0.1, 0.15) is 0 Å². The molecule has 0 aliphatic carbocycles. The molecule has 9 nitrogen and oxygen atoms in total. The van der Waals surface area contributed by atoms with Crippen LogP contribution in [0.15, 0.2) is 292 Å². The van der Waals surface area contributed by atoms with Crippen LogP contribution in [0.3, 0.4) is 0 Å². The number of furan rings is 3. The first-order valence-corrected chi connectivity index (χ1v) is 32.3. The molecule has 22 aromatic rings. The van der Waals surface area contributed by atoms with E-state index in [0.29, 0.717) is 11.4 Å². The van der Waals surface area contributed by atoms with E-state index in [4.69, 9.17) is 33.2 Å². The van der Waals surface area contributed by atoms with E-state index >= 15 is 0 Å². The molecule has 0 saturated carbocycles. The normalized spacial score (nSPS) is 12.3. The van der Waals surface area contributed by atoms with Crippen molar-refractivity contribution in [3.8, 4) is 34.2 Å². The largest absolute Gasteiger partial charge is 0.455 e. The van der Waals surface area contributed by atoms with Crippen LogP contribution in [-0.4, -0.2) is 29.1 Å². The lowest BCUT2D eigenvalue weighted by Crippen LogP contribution is -2.03. The van der Waals surface area contributed by atoms with Gasteiger partial charge in [-0.3, -0.25) is 9.13 Å². The Kier molecular flexibility index (Phi) is 10.6. The zero-order valence-electron chi connectivity index (χ0n) is 49.9. The summed E-state index contributed by atoms with van der Waals surface area (Å²) in [6, 6.07) is 98.0. The Hall–Kier alpha value is -12.5. The molecule has 22 rings (SSSR count). The number of fused-ring (bicyclic) bond motifs is 24. The molecule has 0 atom stereocenters.